The smallest absolute Gasteiger partial charge is 0.255 e. The van der Waals surface area contributed by atoms with Crippen molar-refractivity contribution < 1.29 is 18.4 Å². The zero-order chi connectivity index (χ0) is 28.5. The van der Waals surface area contributed by atoms with Crippen molar-refractivity contribution in [3.63, 3.8) is 0 Å². The van der Waals surface area contributed by atoms with Crippen LogP contribution in [0, 0.1) is 11.7 Å². The summed E-state index contributed by atoms with van der Waals surface area (Å²) < 4.78 is 19.6. The second-order valence-corrected chi connectivity index (χ2v) is 11.1. The Hall–Kier alpha value is -4.22. The monoisotopic (exact) mass is 565 g/mol. The molecule has 0 radical (unpaired) electrons. The molecule has 1 aromatic heterocycles. The van der Waals surface area contributed by atoms with Gasteiger partial charge in [0.2, 0.25) is 0 Å². The standard InChI is InChI=1S/C35H29ClFNO3/c1-38-35(40)33-30-19-24(12-17-32(30)41-34(33)22-10-15-28(37)16-11-22)23-4-2-6-26(18-23)31(39)20-25-5-3-7-29(25)21-8-13-27(36)14-9-21/h2,4,6,8-19,25,29H,3,5,7,20H2,1H3,(H,38,40)/t25-,29+/m1/s1. The first-order chi connectivity index (χ1) is 19.9. The number of amides is 1. The number of nitrogens with one attached hydrogen (secondary N) is 1. The number of halogens is 2. The summed E-state index contributed by atoms with van der Waals surface area (Å²) in [7, 11) is 1.57. The first kappa shape index (κ1) is 27.0. The van der Waals surface area contributed by atoms with Crippen molar-refractivity contribution in [2.45, 2.75) is 31.6 Å². The van der Waals surface area contributed by atoms with Crippen LogP contribution in [0.2, 0.25) is 5.02 Å². The van der Waals surface area contributed by atoms with Gasteiger partial charge in [-0.2, -0.15) is 0 Å². The molecule has 1 N–H and O–H groups in total. The summed E-state index contributed by atoms with van der Waals surface area (Å²) in [6, 6.07) is 27.2. The van der Waals surface area contributed by atoms with Crippen LogP contribution in [0.5, 0.6) is 0 Å². The summed E-state index contributed by atoms with van der Waals surface area (Å²) in [4.78, 5) is 26.4. The van der Waals surface area contributed by atoms with Gasteiger partial charge < -0.3 is 9.73 Å². The highest BCUT2D eigenvalue weighted by atomic mass is 35.5. The quantitative estimate of drug-likeness (QED) is 0.200. The van der Waals surface area contributed by atoms with E-state index >= 15 is 0 Å². The summed E-state index contributed by atoms with van der Waals surface area (Å²) in [5.74, 6) is 0.516. The topological polar surface area (TPSA) is 59.3 Å². The van der Waals surface area contributed by atoms with Crippen LogP contribution in [0.4, 0.5) is 4.39 Å². The molecule has 2 atom stereocenters. The minimum Gasteiger partial charge on any atom is -0.455 e. The summed E-state index contributed by atoms with van der Waals surface area (Å²) in [6.07, 6.45) is 3.73. The van der Waals surface area contributed by atoms with Gasteiger partial charge >= 0.3 is 0 Å². The van der Waals surface area contributed by atoms with E-state index in [2.05, 4.69) is 17.4 Å². The molecule has 1 aliphatic rings. The lowest BCUT2D eigenvalue weighted by molar-refractivity contribution is 0.0952. The Morgan fingerprint density at radius 2 is 1.63 bits per heavy atom. The molecule has 0 spiro atoms. The van der Waals surface area contributed by atoms with Crippen molar-refractivity contribution in [1.29, 1.82) is 0 Å². The summed E-state index contributed by atoms with van der Waals surface area (Å²) in [6.45, 7) is 0. The van der Waals surface area contributed by atoms with E-state index in [1.807, 2.05) is 54.6 Å². The minimum absolute atomic E-state index is 0.131. The van der Waals surface area contributed by atoms with Gasteiger partial charge in [0.05, 0.1) is 5.56 Å². The molecule has 4 nitrogen and oxygen atoms in total. The molecule has 0 saturated heterocycles. The van der Waals surface area contributed by atoms with Crippen LogP contribution in [0.1, 0.15) is 57.9 Å². The zero-order valence-electron chi connectivity index (χ0n) is 22.6. The Morgan fingerprint density at radius 1 is 0.902 bits per heavy atom. The van der Waals surface area contributed by atoms with E-state index in [-0.39, 0.29) is 17.5 Å². The molecular formula is C35H29ClFNO3. The zero-order valence-corrected chi connectivity index (χ0v) is 23.4. The normalized spacial score (nSPS) is 16.7. The van der Waals surface area contributed by atoms with Gasteiger partial charge in [0, 0.05) is 35.0 Å². The predicted octanol–water partition coefficient (Wildman–Crippen LogP) is 9.08. The fraction of sp³-hybridized carbons (Fsp3) is 0.200. The van der Waals surface area contributed by atoms with Crippen LogP contribution in [-0.2, 0) is 0 Å². The van der Waals surface area contributed by atoms with E-state index in [4.69, 9.17) is 16.0 Å². The highest BCUT2D eigenvalue weighted by Crippen LogP contribution is 2.42. The van der Waals surface area contributed by atoms with Crippen molar-refractivity contribution >= 4 is 34.3 Å². The molecule has 1 fully saturated rings. The molecule has 4 aromatic carbocycles. The number of benzene rings is 4. The predicted molar refractivity (Wildman–Crippen MR) is 161 cm³/mol. The second kappa shape index (κ2) is 11.3. The van der Waals surface area contributed by atoms with Gasteiger partial charge in [0.1, 0.15) is 17.2 Å². The molecule has 41 heavy (non-hydrogen) atoms. The Morgan fingerprint density at radius 3 is 2.39 bits per heavy atom. The van der Waals surface area contributed by atoms with Gasteiger partial charge in [-0.25, -0.2) is 4.39 Å². The molecule has 206 valence electrons. The van der Waals surface area contributed by atoms with E-state index < -0.39 is 0 Å². The van der Waals surface area contributed by atoms with Gasteiger partial charge in [-0.1, -0.05) is 54.4 Å². The maximum atomic E-state index is 13.5. The number of fused-ring (bicyclic) bond motifs is 1. The molecule has 6 heteroatoms. The number of ketones is 1. The summed E-state index contributed by atoms with van der Waals surface area (Å²) >= 11 is 6.09. The maximum absolute atomic E-state index is 13.5. The molecule has 1 saturated carbocycles. The van der Waals surface area contributed by atoms with Gasteiger partial charge in [-0.3, -0.25) is 9.59 Å². The number of rotatable bonds is 7. The van der Waals surface area contributed by atoms with Crippen molar-refractivity contribution in [1.82, 2.24) is 5.32 Å². The van der Waals surface area contributed by atoms with E-state index in [0.29, 0.717) is 51.7 Å². The number of hydrogen-bond acceptors (Lipinski definition) is 3. The molecule has 0 unspecified atom stereocenters. The molecule has 1 heterocycles. The van der Waals surface area contributed by atoms with Gasteiger partial charge in [0.15, 0.2) is 5.78 Å². The average molecular weight is 566 g/mol. The van der Waals surface area contributed by atoms with Crippen LogP contribution in [0.3, 0.4) is 0 Å². The lowest BCUT2D eigenvalue weighted by Gasteiger charge is -2.19. The highest BCUT2D eigenvalue weighted by molar-refractivity contribution is 6.30. The van der Waals surface area contributed by atoms with E-state index in [0.717, 1.165) is 35.4 Å². The number of furan rings is 1. The Bertz CT molecular complexity index is 1740. The number of carbonyl (C=O) groups excluding carboxylic acids is 2. The maximum Gasteiger partial charge on any atom is 0.255 e. The fourth-order valence-corrected chi connectivity index (χ4v) is 6.22. The van der Waals surface area contributed by atoms with Crippen LogP contribution < -0.4 is 5.32 Å². The molecule has 0 aliphatic heterocycles. The lowest BCUT2D eigenvalue weighted by Crippen LogP contribution is -2.18. The minimum atomic E-state index is -0.364. The SMILES string of the molecule is CNC(=O)c1c(-c2ccc(F)cc2)oc2ccc(-c3cccc(C(=O)C[C@H]4CCC[C@H]4c4ccc(Cl)cc4)c3)cc12. The third-order valence-corrected chi connectivity index (χ3v) is 8.42. The molecule has 1 aliphatic carbocycles. The summed E-state index contributed by atoms with van der Waals surface area (Å²) in [5.41, 5.74) is 5.22. The highest BCUT2D eigenvalue weighted by Gasteiger charge is 2.30. The van der Waals surface area contributed by atoms with Gasteiger partial charge in [0.25, 0.3) is 5.91 Å². The van der Waals surface area contributed by atoms with Crippen molar-refractivity contribution in [3.8, 4) is 22.5 Å². The van der Waals surface area contributed by atoms with E-state index in [9.17, 15) is 14.0 Å². The number of Topliss-reactive ketones (excluding diaryl/α,β-unsaturated/α-hetero) is 1. The second-order valence-electron chi connectivity index (χ2n) is 10.7. The largest absolute Gasteiger partial charge is 0.455 e. The molecular weight excluding hydrogens is 537 g/mol. The number of carbonyl (C=O) groups is 2. The Labute approximate surface area is 243 Å². The first-order valence-electron chi connectivity index (χ1n) is 13.8. The van der Waals surface area contributed by atoms with Gasteiger partial charge in [-0.05, 0) is 96.0 Å². The molecule has 0 bridgehead atoms. The van der Waals surface area contributed by atoms with E-state index in [1.54, 1.807) is 19.2 Å². The van der Waals surface area contributed by atoms with Crippen LogP contribution in [-0.4, -0.2) is 18.7 Å². The van der Waals surface area contributed by atoms with Crippen molar-refractivity contribution in [2.75, 3.05) is 7.05 Å². The Kier molecular flexibility index (Phi) is 7.46. The van der Waals surface area contributed by atoms with Crippen LogP contribution >= 0.6 is 11.6 Å². The summed E-state index contributed by atoms with van der Waals surface area (Å²) in [5, 5.41) is 4.06. The van der Waals surface area contributed by atoms with E-state index in [1.165, 1.54) is 17.7 Å². The molecule has 5 aromatic rings. The first-order valence-corrected chi connectivity index (χ1v) is 14.2. The van der Waals surface area contributed by atoms with Crippen molar-refractivity contribution in [3.05, 3.63) is 119 Å². The molecule has 6 rings (SSSR count). The molecule has 1 amide bonds. The van der Waals surface area contributed by atoms with Crippen LogP contribution in [0.25, 0.3) is 33.4 Å². The fourth-order valence-electron chi connectivity index (χ4n) is 6.09. The third kappa shape index (κ3) is 5.42. The Balaban J connectivity index is 1.30. The third-order valence-electron chi connectivity index (χ3n) is 8.17. The van der Waals surface area contributed by atoms with Crippen LogP contribution in [0.15, 0.2) is 95.4 Å². The van der Waals surface area contributed by atoms with Crippen molar-refractivity contribution in [2.24, 2.45) is 5.92 Å². The number of hydrogen-bond donors (Lipinski definition) is 1. The van der Waals surface area contributed by atoms with Gasteiger partial charge in [-0.15, -0.1) is 0 Å². The average Bonchev–Trinajstić information content (AvgIpc) is 3.62. The lowest BCUT2D eigenvalue weighted by atomic mass is 9.84.